The minimum Gasteiger partial charge on any atom is -0.444 e. The molecule has 2 amide bonds. The molecule has 0 aromatic carbocycles. The van der Waals surface area contributed by atoms with Crippen molar-refractivity contribution in [1.82, 2.24) is 15.6 Å². The predicted octanol–water partition coefficient (Wildman–Crippen LogP) is 3.37. The average molecular weight is 534 g/mol. The van der Waals surface area contributed by atoms with Crippen LogP contribution in [0.5, 0.6) is 0 Å². The fourth-order valence-corrected chi connectivity index (χ4v) is 3.78. The molecule has 38 heavy (non-hydrogen) atoms. The molecule has 212 valence electrons. The summed E-state index contributed by atoms with van der Waals surface area (Å²) in [7, 11) is 0. The molecule has 0 bridgehead atoms. The topological polar surface area (TPSA) is 125 Å². The van der Waals surface area contributed by atoms with Crippen molar-refractivity contribution in [2.24, 2.45) is 0 Å². The second-order valence-corrected chi connectivity index (χ2v) is 9.09. The van der Waals surface area contributed by atoms with Gasteiger partial charge in [-0.3, -0.25) is 9.59 Å². The maximum atomic E-state index is 12.6. The molecule has 1 aromatic heterocycles. The molecular formula is C28H43N3O7. The number of carbonyl (C=O) groups is 2. The van der Waals surface area contributed by atoms with Gasteiger partial charge in [-0.25, -0.2) is 9.78 Å². The van der Waals surface area contributed by atoms with Gasteiger partial charge < -0.3 is 29.6 Å². The third kappa shape index (κ3) is 13.6. The van der Waals surface area contributed by atoms with Crippen LogP contribution in [0.25, 0.3) is 6.08 Å². The van der Waals surface area contributed by atoms with Crippen molar-refractivity contribution < 1.29 is 28.5 Å². The Labute approximate surface area is 225 Å². The van der Waals surface area contributed by atoms with E-state index in [1.165, 1.54) is 12.2 Å². The Balaban J connectivity index is 1.71. The van der Waals surface area contributed by atoms with E-state index in [2.05, 4.69) is 22.5 Å². The number of nitrogens with one attached hydrogen (secondary N) is 2. The highest BCUT2D eigenvalue weighted by Crippen LogP contribution is 2.15. The van der Waals surface area contributed by atoms with Crippen LogP contribution in [0.1, 0.15) is 70.1 Å². The van der Waals surface area contributed by atoms with Gasteiger partial charge in [-0.1, -0.05) is 38.3 Å². The molecule has 1 fully saturated rings. The summed E-state index contributed by atoms with van der Waals surface area (Å²) in [4.78, 5) is 40.6. The average Bonchev–Trinajstić information content (AvgIpc) is 3.28. The van der Waals surface area contributed by atoms with Gasteiger partial charge in [0.25, 0.3) is 5.56 Å². The van der Waals surface area contributed by atoms with Gasteiger partial charge in [0.2, 0.25) is 5.91 Å². The lowest BCUT2D eigenvalue weighted by Gasteiger charge is -2.12. The van der Waals surface area contributed by atoms with E-state index < -0.39 is 17.9 Å². The van der Waals surface area contributed by atoms with Crippen LogP contribution in [0.15, 0.2) is 29.1 Å². The lowest BCUT2D eigenvalue weighted by atomic mass is 10.1. The first-order chi connectivity index (χ1) is 18.5. The normalized spacial score (nSPS) is 17.0. The number of amides is 2. The van der Waals surface area contributed by atoms with Crippen molar-refractivity contribution in [3.63, 3.8) is 0 Å². The maximum Gasteiger partial charge on any atom is 0.407 e. The van der Waals surface area contributed by atoms with Gasteiger partial charge >= 0.3 is 6.09 Å². The second kappa shape index (κ2) is 19.3. The van der Waals surface area contributed by atoms with Crippen molar-refractivity contribution in [1.29, 1.82) is 0 Å². The summed E-state index contributed by atoms with van der Waals surface area (Å²) >= 11 is 0. The SMILES string of the molecule is CCCCCCNC(=O)OC[C@H]1OC[C@@H](Cc2cccc(/C=C/C(=O)NCCCCCOCC)nc2=O)O1. The summed E-state index contributed by atoms with van der Waals surface area (Å²) in [5, 5.41) is 5.54. The van der Waals surface area contributed by atoms with E-state index in [1.54, 1.807) is 18.2 Å². The summed E-state index contributed by atoms with van der Waals surface area (Å²) in [6.45, 7) is 6.99. The van der Waals surface area contributed by atoms with Gasteiger partial charge in [0.05, 0.1) is 18.4 Å². The van der Waals surface area contributed by atoms with Crippen molar-refractivity contribution in [3.8, 4) is 0 Å². The third-order valence-corrected chi connectivity index (χ3v) is 5.85. The van der Waals surface area contributed by atoms with Crippen LogP contribution in [0.2, 0.25) is 0 Å². The smallest absolute Gasteiger partial charge is 0.407 e. The number of hydrogen-bond acceptors (Lipinski definition) is 8. The zero-order valence-corrected chi connectivity index (χ0v) is 22.7. The van der Waals surface area contributed by atoms with E-state index in [0.29, 0.717) is 30.8 Å². The predicted molar refractivity (Wildman–Crippen MR) is 145 cm³/mol. The molecular weight excluding hydrogens is 490 g/mol. The molecule has 0 aliphatic carbocycles. The summed E-state index contributed by atoms with van der Waals surface area (Å²) in [5.74, 6) is -0.231. The molecule has 0 radical (unpaired) electrons. The molecule has 1 saturated heterocycles. The molecule has 10 nitrogen and oxygen atoms in total. The van der Waals surface area contributed by atoms with Crippen LogP contribution in [-0.4, -0.2) is 68.9 Å². The Bertz CT molecular complexity index is 925. The van der Waals surface area contributed by atoms with Gasteiger partial charge in [-0.05, 0) is 44.7 Å². The number of ether oxygens (including phenoxy) is 4. The first-order valence-electron chi connectivity index (χ1n) is 13.7. The summed E-state index contributed by atoms with van der Waals surface area (Å²) < 4.78 is 21.8. The third-order valence-electron chi connectivity index (χ3n) is 5.85. The minimum atomic E-state index is -0.673. The van der Waals surface area contributed by atoms with Gasteiger partial charge in [0.1, 0.15) is 6.61 Å². The molecule has 1 aliphatic heterocycles. The lowest BCUT2D eigenvalue weighted by molar-refractivity contribution is -0.116. The summed E-state index contributed by atoms with van der Waals surface area (Å²) in [6.07, 6.45) is 8.81. The Morgan fingerprint density at radius 2 is 1.87 bits per heavy atom. The first kappa shape index (κ1) is 31.4. The van der Waals surface area contributed by atoms with E-state index in [4.69, 9.17) is 18.9 Å². The standard InChI is InChI=1S/C28H43N3O7/c1-3-5-6-8-17-30-28(34)37-21-26-36-20-24(38-26)19-22-12-11-13-23(31-27(22)33)14-15-25(32)29-16-9-7-10-18-35-4-2/h11-15,24,26H,3-10,16-21H2,1-2H3,(H,29,32)(H,30,34)/b15-14+/t24-,26+/m1/s1. The number of nitrogens with zero attached hydrogens (tertiary/aromatic N) is 1. The van der Waals surface area contributed by atoms with Crippen LogP contribution in [0, 0.1) is 0 Å². The number of unbranched alkanes of at least 4 members (excludes halogenated alkanes) is 5. The Hall–Kier alpha value is -2.82. The van der Waals surface area contributed by atoms with Crippen LogP contribution in [0.4, 0.5) is 4.79 Å². The largest absolute Gasteiger partial charge is 0.444 e. The van der Waals surface area contributed by atoms with Gasteiger partial charge in [0, 0.05) is 44.4 Å². The van der Waals surface area contributed by atoms with Gasteiger partial charge in [-0.2, -0.15) is 0 Å². The monoisotopic (exact) mass is 533 g/mol. The van der Waals surface area contributed by atoms with Crippen LogP contribution >= 0.6 is 0 Å². The van der Waals surface area contributed by atoms with Crippen LogP contribution in [-0.2, 0) is 30.2 Å². The molecule has 2 heterocycles. The van der Waals surface area contributed by atoms with Crippen molar-refractivity contribution in [3.05, 3.63) is 45.9 Å². The molecule has 0 saturated carbocycles. The van der Waals surface area contributed by atoms with Gasteiger partial charge in [-0.15, -0.1) is 0 Å². The number of carbonyl (C=O) groups excluding carboxylic acids is 2. The zero-order chi connectivity index (χ0) is 27.4. The molecule has 2 rings (SSSR count). The van der Waals surface area contributed by atoms with Crippen molar-refractivity contribution in [2.45, 2.75) is 77.6 Å². The minimum absolute atomic E-state index is 0.0212. The van der Waals surface area contributed by atoms with Crippen molar-refractivity contribution >= 4 is 18.1 Å². The molecule has 2 N–H and O–H groups in total. The second-order valence-electron chi connectivity index (χ2n) is 9.09. The fourth-order valence-electron chi connectivity index (χ4n) is 3.78. The van der Waals surface area contributed by atoms with Crippen LogP contribution in [0.3, 0.4) is 0 Å². The fraction of sp³-hybridized carbons (Fsp3) is 0.643. The summed E-state index contributed by atoms with van der Waals surface area (Å²) in [5.41, 5.74) is 0.472. The Kier molecular flexibility index (Phi) is 15.9. The number of hydrogen-bond donors (Lipinski definition) is 2. The van der Waals surface area contributed by atoms with E-state index in [1.807, 2.05) is 6.92 Å². The molecule has 0 spiro atoms. The maximum absolute atomic E-state index is 12.6. The zero-order valence-electron chi connectivity index (χ0n) is 22.7. The number of alkyl carbamates (subject to hydrolysis) is 1. The van der Waals surface area contributed by atoms with E-state index in [9.17, 15) is 14.4 Å². The highest BCUT2D eigenvalue weighted by atomic mass is 16.7. The van der Waals surface area contributed by atoms with Crippen LogP contribution < -0.4 is 16.2 Å². The molecule has 1 aromatic rings. The van der Waals surface area contributed by atoms with E-state index in [0.717, 1.165) is 58.2 Å². The highest BCUT2D eigenvalue weighted by Gasteiger charge is 2.28. The quantitative estimate of drug-likeness (QED) is 0.217. The van der Waals surface area contributed by atoms with Gasteiger partial charge in [0.15, 0.2) is 6.29 Å². The lowest BCUT2D eigenvalue weighted by Crippen LogP contribution is -2.29. The summed E-state index contributed by atoms with van der Waals surface area (Å²) in [6, 6.07) is 5.08. The molecule has 0 unspecified atom stereocenters. The van der Waals surface area contributed by atoms with E-state index >= 15 is 0 Å². The molecule has 1 aliphatic rings. The number of rotatable bonds is 18. The Morgan fingerprint density at radius 1 is 1.08 bits per heavy atom. The first-order valence-corrected chi connectivity index (χ1v) is 13.7. The molecule has 2 atom stereocenters. The Morgan fingerprint density at radius 3 is 2.66 bits per heavy atom. The van der Waals surface area contributed by atoms with E-state index in [-0.39, 0.29) is 25.2 Å². The van der Waals surface area contributed by atoms with Crippen molar-refractivity contribution in [2.75, 3.05) is 39.5 Å². The molecule has 10 heteroatoms. The highest BCUT2D eigenvalue weighted by molar-refractivity contribution is 5.91. The number of aromatic nitrogens is 1.